The van der Waals surface area contributed by atoms with Crippen LogP contribution >= 0.6 is 11.8 Å². The first-order valence-corrected chi connectivity index (χ1v) is 7.05. The Morgan fingerprint density at radius 3 is 2.74 bits per heavy atom. The number of fused-ring (bicyclic) bond motifs is 1. The lowest BCUT2D eigenvalue weighted by Crippen LogP contribution is -2.30. The third-order valence-electron chi connectivity index (χ3n) is 2.86. The molecular formula is C14H18N2O2S. The number of ether oxygens (including phenoxy) is 1. The molecule has 0 bridgehead atoms. The second kappa shape index (κ2) is 5.25. The number of carbonyl (C=O) groups is 1. The van der Waals surface area contributed by atoms with Crippen LogP contribution in [0.25, 0.3) is 11.0 Å². The van der Waals surface area contributed by atoms with Crippen LogP contribution in [0.4, 0.5) is 0 Å². The molecule has 1 heterocycles. The Morgan fingerprint density at radius 1 is 1.42 bits per heavy atom. The van der Waals surface area contributed by atoms with Gasteiger partial charge >= 0.3 is 5.97 Å². The summed E-state index contributed by atoms with van der Waals surface area (Å²) < 4.78 is 6.45. The zero-order valence-corrected chi connectivity index (χ0v) is 12.5. The van der Waals surface area contributed by atoms with Gasteiger partial charge in [-0.25, -0.2) is 4.98 Å². The highest BCUT2D eigenvalue weighted by atomic mass is 32.2. The van der Waals surface area contributed by atoms with Crippen molar-refractivity contribution in [2.24, 2.45) is 7.05 Å². The van der Waals surface area contributed by atoms with Crippen molar-refractivity contribution in [2.45, 2.75) is 30.7 Å². The molecule has 0 saturated carbocycles. The maximum atomic E-state index is 11.9. The van der Waals surface area contributed by atoms with E-state index in [9.17, 15) is 4.79 Å². The van der Waals surface area contributed by atoms with Gasteiger partial charge in [-0.2, -0.15) is 0 Å². The molecular weight excluding hydrogens is 260 g/mol. The molecule has 2 rings (SSSR count). The molecule has 0 N–H and O–H groups in total. The fourth-order valence-electron chi connectivity index (χ4n) is 1.79. The van der Waals surface area contributed by atoms with Gasteiger partial charge in [-0.15, -0.1) is 0 Å². The molecule has 0 saturated heterocycles. The third kappa shape index (κ3) is 2.76. The highest BCUT2D eigenvalue weighted by molar-refractivity contribution is 8.01. The van der Waals surface area contributed by atoms with E-state index in [1.54, 1.807) is 0 Å². The number of carbonyl (C=O) groups excluding carboxylic acids is 1. The molecule has 0 atom stereocenters. The second-order valence-corrected chi connectivity index (χ2v) is 6.36. The largest absolute Gasteiger partial charge is 0.465 e. The Morgan fingerprint density at radius 2 is 2.11 bits per heavy atom. The van der Waals surface area contributed by atoms with Crippen LogP contribution in [0.1, 0.15) is 20.8 Å². The Hall–Kier alpha value is -1.49. The van der Waals surface area contributed by atoms with Gasteiger partial charge in [0, 0.05) is 7.05 Å². The molecule has 0 radical (unpaired) electrons. The summed E-state index contributed by atoms with van der Waals surface area (Å²) in [7, 11) is 1.96. The van der Waals surface area contributed by atoms with Gasteiger partial charge in [0.2, 0.25) is 0 Å². The van der Waals surface area contributed by atoms with E-state index in [1.165, 1.54) is 11.8 Å². The van der Waals surface area contributed by atoms with E-state index in [0.29, 0.717) is 6.61 Å². The molecule has 0 spiro atoms. The van der Waals surface area contributed by atoms with Crippen LogP contribution in [0.5, 0.6) is 0 Å². The van der Waals surface area contributed by atoms with Gasteiger partial charge in [0.15, 0.2) is 5.16 Å². The number of nitrogens with zero attached hydrogens (tertiary/aromatic N) is 2. The minimum absolute atomic E-state index is 0.216. The van der Waals surface area contributed by atoms with Crippen LogP contribution in [0.3, 0.4) is 0 Å². The smallest absolute Gasteiger partial charge is 0.322 e. The number of thioether (sulfide) groups is 1. The van der Waals surface area contributed by atoms with Crippen molar-refractivity contribution in [1.82, 2.24) is 9.55 Å². The predicted octanol–water partition coefficient (Wildman–Crippen LogP) is 3.01. The highest BCUT2D eigenvalue weighted by Gasteiger charge is 2.32. The Bertz CT molecular complexity index is 605. The van der Waals surface area contributed by atoms with E-state index in [1.807, 2.05) is 56.7 Å². The number of benzene rings is 1. The lowest BCUT2D eigenvalue weighted by molar-refractivity contribution is -0.145. The summed E-state index contributed by atoms with van der Waals surface area (Å²) in [5.74, 6) is -0.216. The fourth-order valence-corrected chi connectivity index (χ4v) is 2.77. The summed E-state index contributed by atoms with van der Waals surface area (Å²) >= 11 is 1.42. The molecule has 1 aromatic heterocycles. The number of rotatable bonds is 4. The zero-order valence-electron chi connectivity index (χ0n) is 11.6. The van der Waals surface area contributed by atoms with Crippen molar-refractivity contribution in [2.75, 3.05) is 6.61 Å². The molecule has 0 unspecified atom stereocenters. The van der Waals surface area contributed by atoms with Gasteiger partial charge in [-0.05, 0) is 32.9 Å². The second-order valence-electron chi connectivity index (χ2n) is 4.77. The van der Waals surface area contributed by atoms with Gasteiger partial charge in [0.25, 0.3) is 0 Å². The summed E-state index contributed by atoms with van der Waals surface area (Å²) in [5, 5.41) is 0.819. The highest BCUT2D eigenvalue weighted by Crippen LogP contribution is 2.34. The average molecular weight is 278 g/mol. The summed E-state index contributed by atoms with van der Waals surface area (Å²) in [6.07, 6.45) is 0. The summed E-state index contributed by atoms with van der Waals surface area (Å²) in [5.41, 5.74) is 2.00. The summed E-state index contributed by atoms with van der Waals surface area (Å²) in [6, 6.07) is 7.93. The Kier molecular flexibility index (Phi) is 3.85. The van der Waals surface area contributed by atoms with Crippen LogP contribution in [0, 0.1) is 0 Å². The molecule has 0 aliphatic heterocycles. The number of hydrogen-bond donors (Lipinski definition) is 0. The van der Waals surface area contributed by atoms with Crippen LogP contribution in [-0.4, -0.2) is 26.9 Å². The number of esters is 1. The van der Waals surface area contributed by atoms with Crippen LogP contribution in [0.2, 0.25) is 0 Å². The molecule has 102 valence electrons. The lowest BCUT2D eigenvalue weighted by atomic mass is 10.2. The van der Waals surface area contributed by atoms with Gasteiger partial charge in [-0.3, -0.25) is 4.79 Å². The SMILES string of the molecule is CCOC(=O)C(C)(C)Sc1nc2ccccc2n1C. The van der Waals surface area contributed by atoms with Gasteiger partial charge in [-0.1, -0.05) is 23.9 Å². The maximum Gasteiger partial charge on any atom is 0.322 e. The van der Waals surface area contributed by atoms with Crippen molar-refractivity contribution in [3.63, 3.8) is 0 Å². The van der Waals surface area contributed by atoms with Crippen molar-refractivity contribution in [3.05, 3.63) is 24.3 Å². The van der Waals surface area contributed by atoms with E-state index < -0.39 is 4.75 Å². The van der Waals surface area contributed by atoms with E-state index in [4.69, 9.17) is 4.74 Å². The monoisotopic (exact) mass is 278 g/mol. The summed E-state index contributed by atoms with van der Waals surface area (Å²) in [4.78, 5) is 16.5. The molecule has 4 nitrogen and oxygen atoms in total. The minimum Gasteiger partial charge on any atom is -0.465 e. The van der Waals surface area contributed by atoms with Crippen LogP contribution < -0.4 is 0 Å². The minimum atomic E-state index is -0.648. The topological polar surface area (TPSA) is 44.1 Å². The number of para-hydroxylation sites is 2. The number of aryl methyl sites for hydroxylation is 1. The van der Waals surface area contributed by atoms with Crippen molar-refractivity contribution in [1.29, 1.82) is 0 Å². The lowest BCUT2D eigenvalue weighted by Gasteiger charge is -2.20. The van der Waals surface area contributed by atoms with Crippen LogP contribution in [0.15, 0.2) is 29.4 Å². The van der Waals surface area contributed by atoms with E-state index in [-0.39, 0.29) is 5.97 Å². The fraction of sp³-hybridized carbons (Fsp3) is 0.429. The van der Waals surface area contributed by atoms with Crippen molar-refractivity contribution in [3.8, 4) is 0 Å². The molecule has 0 fully saturated rings. The first-order valence-electron chi connectivity index (χ1n) is 6.23. The van der Waals surface area contributed by atoms with Gasteiger partial charge < -0.3 is 9.30 Å². The molecule has 0 amide bonds. The van der Waals surface area contributed by atoms with Gasteiger partial charge in [0.05, 0.1) is 17.6 Å². The molecule has 5 heteroatoms. The van der Waals surface area contributed by atoms with E-state index in [0.717, 1.165) is 16.2 Å². The maximum absolute atomic E-state index is 11.9. The number of hydrogen-bond acceptors (Lipinski definition) is 4. The number of aromatic nitrogens is 2. The molecule has 0 aliphatic carbocycles. The summed E-state index contributed by atoms with van der Waals surface area (Å²) in [6.45, 7) is 5.92. The molecule has 0 aliphatic rings. The molecule has 2 aromatic rings. The van der Waals surface area contributed by atoms with E-state index >= 15 is 0 Å². The van der Waals surface area contributed by atoms with Gasteiger partial charge in [0.1, 0.15) is 4.75 Å². The van der Waals surface area contributed by atoms with Crippen molar-refractivity contribution >= 4 is 28.8 Å². The standard InChI is InChI=1S/C14H18N2O2S/c1-5-18-12(17)14(2,3)19-13-15-10-8-6-7-9-11(10)16(13)4/h6-9H,5H2,1-4H3. The Labute approximate surface area is 117 Å². The number of imidazole rings is 1. The normalized spacial score (nSPS) is 11.8. The quantitative estimate of drug-likeness (QED) is 0.637. The Balaban J connectivity index is 2.30. The molecule has 19 heavy (non-hydrogen) atoms. The van der Waals surface area contributed by atoms with Crippen molar-refractivity contribution < 1.29 is 9.53 Å². The zero-order chi connectivity index (χ0) is 14.0. The van der Waals surface area contributed by atoms with E-state index in [2.05, 4.69) is 4.98 Å². The van der Waals surface area contributed by atoms with Crippen LogP contribution in [-0.2, 0) is 16.6 Å². The first-order chi connectivity index (χ1) is 8.95. The first kappa shape index (κ1) is 13.9. The third-order valence-corrected chi connectivity index (χ3v) is 4.08. The average Bonchev–Trinajstić information content (AvgIpc) is 2.67. The predicted molar refractivity (Wildman–Crippen MR) is 77.3 cm³/mol. The molecule has 1 aromatic carbocycles.